The second-order valence-electron chi connectivity index (χ2n) is 4.68. The highest BCUT2D eigenvalue weighted by molar-refractivity contribution is 5.92. The van der Waals surface area contributed by atoms with Gasteiger partial charge in [0.2, 0.25) is 5.91 Å². The lowest BCUT2D eigenvalue weighted by Crippen LogP contribution is -2.32. The molecule has 0 radical (unpaired) electrons. The van der Waals surface area contributed by atoms with Crippen LogP contribution in [0.25, 0.3) is 0 Å². The first kappa shape index (κ1) is 15.9. The molecule has 1 amide bonds. The third kappa shape index (κ3) is 4.78. The molecular weight excluding hydrogens is 269 g/mol. The van der Waals surface area contributed by atoms with Crippen molar-refractivity contribution >= 4 is 24.0 Å². The summed E-state index contributed by atoms with van der Waals surface area (Å²) in [7, 11) is 0. The van der Waals surface area contributed by atoms with Gasteiger partial charge in [-0.15, -0.1) is 12.4 Å². The van der Waals surface area contributed by atoms with Crippen molar-refractivity contribution in [1.82, 2.24) is 4.90 Å². The number of amides is 1. The fourth-order valence-corrected chi connectivity index (χ4v) is 2.19. The average Bonchev–Trinajstić information content (AvgIpc) is 2.79. The van der Waals surface area contributed by atoms with E-state index in [1.807, 2.05) is 0 Å². The SMILES string of the molecule is Cl.NCC1CCN(CC(=O)Nc2ccc(F)cc2)C1. The standard InChI is InChI=1S/C13H18FN3O.ClH/c14-11-1-3-12(4-2-11)16-13(18)9-17-6-5-10(7-15)8-17;/h1-4,10H,5-9,15H2,(H,16,18);1H. The number of halogens is 2. The van der Waals surface area contributed by atoms with Crippen LogP contribution in [-0.4, -0.2) is 37.0 Å². The Kier molecular flexibility index (Phi) is 6.21. The van der Waals surface area contributed by atoms with Crippen LogP contribution in [-0.2, 0) is 4.79 Å². The van der Waals surface area contributed by atoms with Crippen molar-refractivity contribution in [3.8, 4) is 0 Å². The van der Waals surface area contributed by atoms with Gasteiger partial charge in [0.1, 0.15) is 5.82 Å². The molecule has 106 valence electrons. The minimum Gasteiger partial charge on any atom is -0.330 e. The number of anilines is 1. The average molecular weight is 288 g/mol. The summed E-state index contributed by atoms with van der Waals surface area (Å²) in [5.41, 5.74) is 6.22. The number of nitrogens with two attached hydrogens (primary N) is 1. The van der Waals surface area contributed by atoms with Crippen LogP contribution in [0.15, 0.2) is 24.3 Å². The number of carbonyl (C=O) groups is 1. The van der Waals surface area contributed by atoms with Gasteiger partial charge < -0.3 is 11.1 Å². The van der Waals surface area contributed by atoms with Crippen LogP contribution in [0.3, 0.4) is 0 Å². The highest BCUT2D eigenvalue weighted by atomic mass is 35.5. The van der Waals surface area contributed by atoms with E-state index < -0.39 is 0 Å². The smallest absolute Gasteiger partial charge is 0.238 e. The largest absolute Gasteiger partial charge is 0.330 e. The number of likely N-dealkylation sites (tertiary alicyclic amines) is 1. The van der Waals surface area contributed by atoms with Crippen LogP contribution in [0.2, 0.25) is 0 Å². The summed E-state index contributed by atoms with van der Waals surface area (Å²) in [4.78, 5) is 13.9. The summed E-state index contributed by atoms with van der Waals surface area (Å²) < 4.78 is 12.7. The monoisotopic (exact) mass is 287 g/mol. The molecule has 0 saturated carbocycles. The molecule has 1 aliphatic rings. The van der Waals surface area contributed by atoms with E-state index >= 15 is 0 Å². The topological polar surface area (TPSA) is 58.4 Å². The van der Waals surface area contributed by atoms with E-state index in [-0.39, 0.29) is 24.1 Å². The Morgan fingerprint density at radius 2 is 2.11 bits per heavy atom. The summed E-state index contributed by atoms with van der Waals surface area (Å²) in [6.45, 7) is 2.84. The lowest BCUT2D eigenvalue weighted by molar-refractivity contribution is -0.117. The molecule has 1 atom stereocenters. The maximum atomic E-state index is 12.7. The summed E-state index contributed by atoms with van der Waals surface area (Å²) in [5.74, 6) is 0.126. The third-order valence-corrected chi connectivity index (χ3v) is 3.20. The van der Waals surface area contributed by atoms with Crippen molar-refractivity contribution in [2.24, 2.45) is 11.7 Å². The highest BCUT2D eigenvalue weighted by Gasteiger charge is 2.22. The number of nitrogens with one attached hydrogen (secondary N) is 1. The Labute approximate surface area is 118 Å². The molecule has 3 N–H and O–H groups in total. The molecule has 1 aromatic rings. The quantitative estimate of drug-likeness (QED) is 0.882. The summed E-state index contributed by atoms with van der Waals surface area (Å²) in [6.07, 6.45) is 1.06. The number of benzene rings is 1. The summed E-state index contributed by atoms with van der Waals surface area (Å²) in [5, 5.41) is 2.75. The number of hydrogen-bond acceptors (Lipinski definition) is 3. The Morgan fingerprint density at radius 1 is 1.42 bits per heavy atom. The third-order valence-electron chi connectivity index (χ3n) is 3.20. The highest BCUT2D eigenvalue weighted by Crippen LogP contribution is 2.14. The molecule has 4 nitrogen and oxygen atoms in total. The van der Waals surface area contributed by atoms with Crippen LogP contribution in [0.4, 0.5) is 10.1 Å². The molecule has 0 aliphatic carbocycles. The lowest BCUT2D eigenvalue weighted by Gasteiger charge is -2.15. The van der Waals surface area contributed by atoms with E-state index in [4.69, 9.17) is 5.73 Å². The van der Waals surface area contributed by atoms with Crippen LogP contribution in [0.1, 0.15) is 6.42 Å². The maximum absolute atomic E-state index is 12.7. The number of hydrogen-bond donors (Lipinski definition) is 2. The molecule has 0 aromatic heterocycles. The number of nitrogens with zero attached hydrogens (tertiary/aromatic N) is 1. The maximum Gasteiger partial charge on any atom is 0.238 e. The Morgan fingerprint density at radius 3 is 2.68 bits per heavy atom. The van der Waals surface area contributed by atoms with Gasteiger partial charge in [-0.3, -0.25) is 9.69 Å². The van der Waals surface area contributed by atoms with Gasteiger partial charge in [0.15, 0.2) is 0 Å². The Balaban J connectivity index is 0.00000180. The Hall–Kier alpha value is -1.17. The predicted molar refractivity (Wildman–Crippen MR) is 75.9 cm³/mol. The molecule has 1 saturated heterocycles. The summed E-state index contributed by atoms with van der Waals surface area (Å²) in [6, 6.07) is 5.77. The lowest BCUT2D eigenvalue weighted by atomic mass is 10.1. The fraction of sp³-hybridized carbons (Fsp3) is 0.462. The molecule has 2 rings (SSSR count). The molecule has 1 unspecified atom stereocenters. The van der Waals surface area contributed by atoms with Gasteiger partial charge >= 0.3 is 0 Å². The van der Waals surface area contributed by atoms with E-state index in [0.29, 0.717) is 24.7 Å². The van der Waals surface area contributed by atoms with Gasteiger partial charge in [0.05, 0.1) is 6.54 Å². The van der Waals surface area contributed by atoms with Crippen molar-refractivity contribution < 1.29 is 9.18 Å². The van der Waals surface area contributed by atoms with Gasteiger partial charge in [-0.05, 0) is 49.7 Å². The molecule has 0 spiro atoms. The first-order valence-corrected chi connectivity index (χ1v) is 6.15. The molecule has 1 fully saturated rings. The van der Waals surface area contributed by atoms with Gasteiger partial charge in [0, 0.05) is 12.2 Å². The molecule has 0 bridgehead atoms. The molecule has 1 aromatic carbocycles. The number of rotatable bonds is 4. The fourth-order valence-electron chi connectivity index (χ4n) is 2.19. The van der Waals surface area contributed by atoms with Crippen molar-refractivity contribution in [2.75, 3.05) is 31.5 Å². The van der Waals surface area contributed by atoms with E-state index in [9.17, 15) is 9.18 Å². The minimum absolute atomic E-state index is 0. The second-order valence-corrected chi connectivity index (χ2v) is 4.68. The van der Waals surface area contributed by atoms with Crippen LogP contribution < -0.4 is 11.1 Å². The van der Waals surface area contributed by atoms with Gasteiger partial charge in [-0.1, -0.05) is 0 Å². The first-order chi connectivity index (χ1) is 8.67. The zero-order valence-corrected chi connectivity index (χ0v) is 11.5. The minimum atomic E-state index is -0.307. The van der Waals surface area contributed by atoms with E-state index in [2.05, 4.69) is 10.2 Å². The zero-order valence-electron chi connectivity index (χ0n) is 10.6. The molecule has 1 aliphatic heterocycles. The van der Waals surface area contributed by atoms with E-state index in [1.54, 1.807) is 12.1 Å². The summed E-state index contributed by atoms with van der Waals surface area (Å²) >= 11 is 0. The molecule has 19 heavy (non-hydrogen) atoms. The van der Waals surface area contributed by atoms with Crippen molar-refractivity contribution in [3.63, 3.8) is 0 Å². The van der Waals surface area contributed by atoms with Crippen LogP contribution in [0, 0.1) is 11.7 Å². The Bertz CT molecular complexity index is 413. The number of carbonyl (C=O) groups excluding carboxylic acids is 1. The van der Waals surface area contributed by atoms with Gasteiger partial charge in [-0.2, -0.15) is 0 Å². The van der Waals surface area contributed by atoms with Crippen molar-refractivity contribution in [1.29, 1.82) is 0 Å². The van der Waals surface area contributed by atoms with Gasteiger partial charge in [-0.25, -0.2) is 4.39 Å². The normalized spacial score (nSPS) is 18.9. The van der Waals surface area contributed by atoms with Gasteiger partial charge in [0.25, 0.3) is 0 Å². The van der Waals surface area contributed by atoms with Crippen molar-refractivity contribution in [2.45, 2.75) is 6.42 Å². The first-order valence-electron chi connectivity index (χ1n) is 6.15. The molecule has 1 heterocycles. The van der Waals surface area contributed by atoms with E-state index in [1.165, 1.54) is 12.1 Å². The zero-order chi connectivity index (χ0) is 13.0. The second kappa shape index (κ2) is 7.43. The van der Waals surface area contributed by atoms with E-state index in [0.717, 1.165) is 19.5 Å². The molecular formula is C13H19ClFN3O. The van der Waals surface area contributed by atoms with Crippen LogP contribution >= 0.6 is 12.4 Å². The predicted octanol–water partition coefficient (Wildman–Crippen LogP) is 1.47. The van der Waals surface area contributed by atoms with Crippen LogP contribution in [0.5, 0.6) is 0 Å². The van der Waals surface area contributed by atoms with Crippen molar-refractivity contribution in [3.05, 3.63) is 30.1 Å². The molecule has 6 heteroatoms.